The van der Waals surface area contributed by atoms with Gasteiger partial charge in [-0.2, -0.15) is 13.2 Å². The number of aliphatic imine (C=N–C) groups is 1. The van der Waals surface area contributed by atoms with Crippen LogP contribution in [0.3, 0.4) is 0 Å². The number of benzene rings is 6. The van der Waals surface area contributed by atoms with E-state index in [1.165, 1.54) is 14.2 Å². The van der Waals surface area contributed by atoms with Gasteiger partial charge >= 0.3 is 12.1 Å². The van der Waals surface area contributed by atoms with Crippen LogP contribution >= 0.6 is 11.6 Å². The second-order valence-electron chi connectivity index (χ2n) is 21.7. The van der Waals surface area contributed by atoms with E-state index < -0.39 is 68.6 Å². The number of nitrogens with zero attached hydrogens (tertiary/aromatic N) is 6. The Balaban J connectivity index is 1.06. The Kier molecular flexibility index (Phi) is 16.8. The maximum atomic E-state index is 18.7. The summed E-state index contributed by atoms with van der Waals surface area (Å²) in [6.45, 7) is 4.43. The Hall–Kier alpha value is -8.29. The van der Waals surface area contributed by atoms with Gasteiger partial charge in [-0.25, -0.2) is 23.1 Å². The van der Waals surface area contributed by atoms with Gasteiger partial charge in [-0.1, -0.05) is 66.2 Å². The Morgan fingerprint density at radius 1 is 0.765 bits per heavy atom. The zero-order chi connectivity index (χ0) is 59.7. The fourth-order valence-electron chi connectivity index (χ4n) is 12.1. The van der Waals surface area contributed by atoms with Gasteiger partial charge in [-0.15, -0.1) is 0 Å². The van der Waals surface area contributed by atoms with Crippen molar-refractivity contribution < 1.29 is 54.8 Å². The fourth-order valence-corrected chi connectivity index (χ4v) is 12.5. The molecule has 0 spiro atoms. The lowest BCUT2D eigenvalue weighted by Crippen LogP contribution is -2.42. The van der Waals surface area contributed by atoms with Crippen molar-refractivity contribution in [1.29, 1.82) is 0 Å². The minimum absolute atomic E-state index is 0.00318. The standard InChI is InChI=1S/C65H64ClF6N7O6/c1-39-56(65(70,71)72)51(29-52(58(39)68)76(31-41-10-18-46(80-3)19-11-41)32-42-12-20-47(81-4)21-13-42)54-57(66)60-55-61(59(54)69)85-53(84-37-64-26-8-28-78(64)35-45(67)30-64)36-79(63(55)75-38-74-60)40(2)50-9-7-27-73-62(50)77(33-43-14-22-48(82-5)23-15-43)34-44-16-24-49(83-6)25-17-44/h7,9-25,27,29,36,40,45,74H,8,26,28,30-35,37-38H2,1-6H3/t40?,45-,64+/m1/s1. The average Bonchev–Trinajstić information content (AvgIpc) is 1.79. The van der Waals surface area contributed by atoms with Crippen molar-refractivity contribution in [3.8, 4) is 39.9 Å². The zero-order valence-electron chi connectivity index (χ0n) is 47.8. The van der Waals surface area contributed by atoms with Crippen LogP contribution in [-0.4, -0.2) is 87.1 Å². The summed E-state index contributed by atoms with van der Waals surface area (Å²) in [5.41, 5.74) is -0.630. The summed E-state index contributed by atoms with van der Waals surface area (Å²) in [6, 6.07) is 33.5. The van der Waals surface area contributed by atoms with E-state index >= 15 is 26.3 Å². The van der Waals surface area contributed by atoms with E-state index in [4.69, 9.17) is 50.0 Å². The van der Waals surface area contributed by atoms with Crippen molar-refractivity contribution in [3.63, 3.8) is 0 Å². The Labute approximate surface area is 495 Å². The summed E-state index contributed by atoms with van der Waals surface area (Å²) in [7, 11) is 6.25. The number of alkyl halides is 4. The van der Waals surface area contributed by atoms with Gasteiger partial charge in [0.25, 0.3) is 0 Å². The second-order valence-corrected chi connectivity index (χ2v) is 22.0. The van der Waals surface area contributed by atoms with Crippen molar-refractivity contribution >= 4 is 34.6 Å². The fraction of sp³-hybridized carbons (Fsp3) is 0.323. The summed E-state index contributed by atoms with van der Waals surface area (Å²) < 4.78 is 134. The average molecular weight is 1190 g/mol. The highest BCUT2D eigenvalue weighted by atomic mass is 35.5. The normalized spacial score (nSPS) is 17.6. The number of rotatable bonds is 20. The predicted octanol–water partition coefficient (Wildman–Crippen LogP) is 14.4. The minimum Gasteiger partial charge on any atom is -0.497 e. The van der Waals surface area contributed by atoms with Crippen LogP contribution in [0, 0.1) is 18.6 Å². The summed E-state index contributed by atoms with van der Waals surface area (Å²) in [4.78, 5) is 17.5. The number of pyridine rings is 1. The number of fused-ring (bicyclic) bond motifs is 1. The Morgan fingerprint density at radius 3 is 1.84 bits per heavy atom. The number of anilines is 3. The zero-order valence-corrected chi connectivity index (χ0v) is 48.6. The molecule has 5 heterocycles. The van der Waals surface area contributed by atoms with Gasteiger partial charge in [0.05, 0.1) is 73.7 Å². The van der Waals surface area contributed by atoms with E-state index in [0.717, 1.165) is 30.5 Å². The molecule has 85 heavy (non-hydrogen) atoms. The first-order chi connectivity index (χ1) is 41.0. The largest absolute Gasteiger partial charge is 0.497 e. The number of methoxy groups -OCH3 is 4. The molecule has 1 N–H and O–H groups in total. The third-order valence-corrected chi connectivity index (χ3v) is 16.8. The highest BCUT2D eigenvalue weighted by Gasteiger charge is 2.50. The molecule has 11 rings (SSSR count). The molecule has 6 aromatic carbocycles. The molecule has 20 heteroatoms. The summed E-state index contributed by atoms with van der Waals surface area (Å²) in [5.74, 6) is 0.0169. The SMILES string of the molecule is COc1ccc(CN(Cc2ccc(OC)cc2)c2cc(-c3c(F)c4c5c(c3Cl)NCN=C5N(C(C)c3cccnc3N(Cc3ccc(OC)cc3)Cc3ccc(OC)cc3)C=C(OC[C@@]35CCCN3C[C@H](F)C5)O4)c(C(F)(F)F)c(C)c2F)cc1. The van der Waals surface area contributed by atoms with Gasteiger partial charge < -0.3 is 48.4 Å². The second kappa shape index (κ2) is 24.4. The van der Waals surface area contributed by atoms with Crippen LogP contribution < -0.4 is 38.8 Å². The maximum absolute atomic E-state index is 18.7. The van der Waals surface area contributed by atoms with Crippen molar-refractivity contribution in [2.45, 2.75) is 83.2 Å². The third-order valence-electron chi connectivity index (χ3n) is 16.5. The topological polar surface area (TPSA) is 106 Å². The molecule has 1 unspecified atom stereocenters. The maximum Gasteiger partial charge on any atom is 0.417 e. The summed E-state index contributed by atoms with van der Waals surface area (Å²) in [6.07, 6.45) is -1.45. The number of nitrogens with one attached hydrogen (secondary N) is 1. The van der Waals surface area contributed by atoms with E-state index in [-0.39, 0.29) is 68.0 Å². The number of hydrogen-bond donors (Lipinski definition) is 1. The molecule has 0 radical (unpaired) electrons. The molecule has 0 aliphatic carbocycles. The number of ether oxygens (including phenoxy) is 6. The first kappa shape index (κ1) is 58.5. The number of hydrogen-bond acceptors (Lipinski definition) is 13. The molecular formula is C65H64ClF6N7O6. The van der Waals surface area contributed by atoms with Gasteiger partial charge in [-0.05, 0) is 122 Å². The molecule has 7 aromatic rings. The Morgan fingerprint density at radius 2 is 1.31 bits per heavy atom. The lowest BCUT2D eigenvalue weighted by molar-refractivity contribution is -0.137. The molecular weight excluding hydrogens is 1120 g/mol. The molecule has 13 nitrogen and oxygen atoms in total. The van der Waals surface area contributed by atoms with E-state index in [0.29, 0.717) is 71.6 Å². The lowest BCUT2D eigenvalue weighted by Gasteiger charge is -2.34. The molecule has 2 fully saturated rings. The van der Waals surface area contributed by atoms with Crippen LogP contribution in [0.15, 0.2) is 139 Å². The van der Waals surface area contributed by atoms with Crippen molar-refractivity contribution in [3.05, 3.63) is 195 Å². The van der Waals surface area contributed by atoms with Gasteiger partial charge in [0.15, 0.2) is 11.6 Å². The molecule has 2 saturated heterocycles. The highest BCUT2D eigenvalue weighted by Crippen LogP contribution is 2.53. The smallest absolute Gasteiger partial charge is 0.417 e. The van der Waals surface area contributed by atoms with E-state index in [1.54, 1.807) is 84.9 Å². The predicted molar refractivity (Wildman–Crippen MR) is 316 cm³/mol. The molecule has 0 saturated carbocycles. The molecule has 4 aliphatic heterocycles. The van der Waals surface area contributed by atoms with Gasteiger partial charge in [0.1, 0.15) is 59.9 Å². The number of halogens is 7. The van der Waals surface area contributed by atoms with Gasteiger partial charge in [0, 0.05) is 62.0 Å². The molecule has 0 bridgehead atoms. The van der Waals surface area contributed by atoms with Crippen LogP contribution in [0.5, 0.6) is 28.7 Å². The van der Waals surface area contributed by atoms with Crippen LogP contribution in [0.25, 0.3) is 11.1 Å². The van der Waals surface area contributed by atoms with E-state index in [9.17, 15) is 0 Å². The van der Waals surface area contributed by atoms with Crippen molar-refractivity contribution in [1.82, 2.24) is 14.8 Å². The summed E-state index contributed by atoms with van der Waals surface area (Å²) in [5, 5.41) is 2.70. The highest BCUT2D eigenvalue weighted by molar-refractivity contribution is 6.37. The third kappa shape index (κ3) is 11.8. The van der Waals surface area contributed by atoms with E-state index in [2.05, 4.69) is 15.1 Å². The molecule has 3 atom stereocenters. The van der Waals surface area contributed by atoms with Crippen molar-refractivity contribution in [2.24, 2.45) is 4.99 Å². The monoisotopic (exact) mass is 1190 g/mol. The Bertz CT molecular complexity index is 3530. The number of amidine groups is 1. The van der Waals surface area contributed by atoms with Crippen molar-refractivity contribution in [2.75, 3.05) is 69.9 Å². The quantitative estimate of drug-likeness (QED) is 0.0735. The van der Waals surface area contributed by atoms with E-state index in [1.807, 2.05) is 67.6 Å². The van der Waals surface area contributed by atoms with Crippen LogP contribution in [0.2, 0.25) is 5.02 Å². The molecule has 444 valence electrons. The minimum atomic E-state index is -5.23. The van der Waals surface area contributed by atoms with Crippen LogP contribution in [-0.2, 0) is 37.1 Å². The van der Waals surface area contributed by atoms with Crippen LogP contribution in [0.4, 0.5) is 43.5 Å². The van der Waals surface area contributed by atoms with Gasteiger partial charge in [-0.3, -0.25) is 4.90 Å². The first-order valence-corrected chi connectivity index (χ1v) is 28.3. The molecule has 1 aromatic heterocycles. The summed E-state index contributed by atoms with van der Waals surface area (Å²) >= 11 is 7.41. The number of aromatic nitrogens is 1. The molecule has 4 aliphatic rings. The molecule has 0 amide bonds. The van der Waals surface area contributed by atoms with Gasteiger partial charge in [0.2, 0.25) is 0 Å². The van der Waals surface area contributed by atoms with Crippen LogP contribution in [0.1, 0.15) is 76.7 Å². The lowest BCUT2D eigenvalue weighted by atomic mass is 9.90. The first-order valence-electron chi connectivity index (χ1n) is 27.9.